The average Bonchev–Trinajstić information content (AvgIpc) is 3.06. The van der Waals surface area contributed by atoms with E-state index in [1.54, 1.807) is 6.92 Å². The average molecular weight is 312 g/mol. The van der Waals surface area contributed by atoms with Gasteiger partial charge in [0.25, 0.3) is 5.89 Å². The number of rotatable bonds is 2. The lowest BCUT2D eigenvalue weighted by molar-refractivity contribution is -0.137. The molecule has 0 spiro atoms. The van der Waals surface area contributed by atoms with Crippen LogP contribution >= 0.6 is 11.5 Å². The molecule has 21 heavy (non-hydrogen) atoms. The maximum Gasteiger partial charge on any atom is 0.416 e. The molecule has 0 aliphatic carbocycles. The number of nitrogens with zero attached hydrogens (tertiary/aromatic N) is 4. The summed E-state index contributed by atoms with van der Waals surface area (Å²) < 4.78 is 46.7. The van der Waals surface area contributed by atoms with Crippen LogP contribution in [-0.2, 0) is 6.18 Å². The molecule has 0 fully saturated rings. The van der Waals surface area contributed by atoms with E-state index in [0.29, 0.717) is 16.1 Å². The molecule has 2 aromatic heterocycles. The van der Waals surface area contributed by atoms with Crippen LogP contribution in [0.25, 0.3) is 22.2 Å². The molecule has 0 bridgehead atoms. The van der Waals surface area contributed by atoms with Crippen molar-refractivity contribution < 1.29 is 17.6 Å². The van der Waals surface area contributed by atoms with Gasteiger partial charge in [-0.3, -0.25) is 0 Å². The molecule has 3 rings (SSSR count). The van der Waals surface area contributed by atoms with Crippen LogP contribution in [0.5, 0.6) is 0 Å². The minimum atomic E-state index is -4.37. The second-order valence-corrected chi connectivity index (χ2v) is 4.93. The highest BCUT2D eigenvalue weighted by atomic mass is 32.1. The van der Waals surface area contributed by atoms with Crippen LogP contribution in [0.2, 0.25) is 0 Å². The molecule has 0 saturated heterocycles. The molecule has 108 valence electrons. The Morgan fingerprint density at radius 1 is 1.00 bits per heavy atom. The number of aromatic nitrogens is 4. The molecule has 3 aromatic rings. The van der Waals surface area contributed by atoms with Crippen molar-refractivity contribution in [3.63, 3.8) is 0 Å². The topological polar surface area (TPSA) is 64.7 Å². The fourth-order valence-electron chi connectivity index (χ4n) is 1.66. The Labute approximate surface area is 120 Å². The molecule has 0 aliphatic heterocycles. The molecule has 0 N–H and O–H groups in total. The highest BCUT2D eigenvalue weighted by Gasteiger charge is 2.30. The van der Waals surface area contributed by atoms with Gasteiger partial charge >= 0.3 is 6.18 Å². The van der Waals surface area contributed by atoms with Gasteiger partial charge in [-0.1, -0.05) is 4.49 Å². The van der Waals surface area contributed by atoms with Crippen molar-refractivity contribution >= 4 is 11.5 Å². The summed E-state index contributed by atoms with van der Waals surface area (Å²) in [5.41, 5.74) is 0.341. The van der Waals surface area contributed by atoms with Crippen molar-refractivity contribution in [3.05, 3.63) is 35.5 Å². The predicted molar refractivity (Wildman–Crippen MR) is 68.4 cm³/mol. The van der Waals surface area contributed by atoms with Gasteiger partial charge in [0.1, 0.15) is 4.88 Å². The van der Waals surface area contributed by atoms with E-state index >= 15 is 0 Å². The van der Waals surface area contributed by atoms with Gasteiger partial charge in [-0.15, -0.1) is 15.3 Å². The van der Waals surface area contributed by atoms with E-state index in [2.05, 4.69) is 19.8 Å². The van der Waals surface area contributed by atoms with Crippen LogP contribution in [0.1, 0.15) is 11.3 Å². The summed E-state index contributed by atoms with van der Waals surface area (Å²) in [4.78, 5) is 0.640. The van der Waals surface area contributed by atoms with Crippen LogP contribution in [-0.4, -0.2) is 19.8 Å². The Kier molecular flexibility index (Phi) is 3.20. The third-order valence-corrected chi connectivity index (χ3v) is 3.55. The maximum atomic E-state index is 12.5. The van der Waals surface area contributed by atoms with Crippen LogP contribution in [0.3, 0.4) is 0 Å². The third-order valence-electron chi connectivity index (χ3n) is 2.73. The number of hydrogen-bond donors (Lipinski definition) is 0. The lowest BCUT2D eigenvalue weighted by Crippen LogP contribution is -2.03. The number of aryl methyl sites for hydroxylation is 1. The lowest BCUT2D eigenvalue weighted by atomic mass is 10.1. The summed E-state index contributed by atoms with van der Waals surface area (Å²) in [6, 6.07) is 4.52. The number of halogens is 3. The van der Waals surface area contributed by atoms with Gasteiger partial charge in [-0.2, -0.15) is 13.2 Å². The quantitative estimate of drug-likeness (QED) is 0.723. The van der Waals surface area contributed by atoms with E-state index in [1.165, 1.54) is 12.1 Å². The van der Waals surface area contributed by atoms with Gasteiger partial charge < -0.3 is 4.42 Å². The van der Waals surface area contributed by atoms with Gasteiger partial charge in [-0.25, -0.2) is 0 Å². The molecule has 0 aliphatic rings. The largest absolute Gasteiger partial charge is 0.416 e. The van der Waals surface area contributed by atoms with Gasteiger partial charge in [0.15, 0.2) is 0 Å². The third kappa shape index (κ3) is 2.64. The number of alkyl halides is 3. The number of benzene rings is 1. The second-order valence-electron chi connectivity index (χ2n) is 4.17. The standard InChI is InChI=1S/C12H7F3N4OS/c1-6-9(21-19-16-6)11-18-17-10(20-11)7-2-4-8(5-3-7)12(13,14)15/h2-5H,1H3. The minimum Gasteiger partial charge on any atom is -0.415 e. The first-order chi connectivity index (χ1) is 9.95. The zero-order valence-corrected chi connectivity index (χ0v) is 11.4. The molecule has 0 radical (unpaired) electrons. The van der Waals surface area contributed by atoms with Crippen molar-refractivity contribution in [1.29, 1.82) is 0 Å². The lowest BCUT2D eigenvalue weighted by Gasteiger charge is -2.05. The smallest absolute Gasteiger partial charge is 0.415 e. The summed E-state index contributed by atoms with van der Waals surface area (Å²) in [7, 11) is 0. The summed E-state index contributed by atoms with van der Waals surface area (Å²) in [5.74, 6) is 0.393. The molecule has 0 atom stereocenters. The molecule has 0 saturated carbocycles. The molecule has 0 unspecified atom stereocenters. The Bertz CT molecular complexity index is 763. The summed E-state index contributed by atoms with van der Waals surface area (Å²) in [6.45, 7) is 1.75. The molecule has 5 nitrogen and oxygen atoms in total. The summed E-state index contributed by atoms with van der Waals surface area (Å²) in [5, 5.41) is 11.5. The monoisotopic (exact) mass is 312 g/mol. The van der Waals surface area contributed by atoms with Crippen molar-refractivity contribution in [3.8, 4) is 22.2 Å². The molecule has 1 aromatic carbocycles. The van der Waals surface area contributed by atoms with Crippen LogP contribution in [0, 0.1) is 6.92 Å². The fraction of sp³-hybridized carbons (Fsp3) is 0.167. The first kappa shape index (κ1) is 13.7. The second kappa shape index (κ2) is 4.92. The van der Waals surface area contributed by atoms with Gasteiger partial charge in [0, 0.05) is 5.56 Å². The van der Waals surface area contributed by atoms with E-state index in [-0.39, 0.29) is 11.8 Å². The first-order valence-electron chi connectivity index (χ1n) is 5.75. The van der Waals surface area contributed by atoms with Gasteiger partial charge in [-0.05, 0) is 42.7 Å². The molecule has 2 heterocycles. The predicted octanol–water partition coefficient (Wildman–Crippen LogP) is 3.58. The van der Waals surface area contributed by atoms with E-state index in [9.17, 15) is 13.2 Å². The summed E-state index contributed by atoms with van der Waals surface area (Å²) >= 11 is 1.11. The van der Waals surface area contributed by atoms with E-state index in [4.69, 9.17) is 4.42 Å². The molecule has 9 heteroatoms. The van der Waals surface area contributed by atoms with E-state index in [0.717, 1.165) is 23.7 Å². The van der Waals surface area contributed by atoms with Gasteiger partial charge in [0.05, 0.1) is 11.3 Å². The van der Waals surface area contributed by atoms with Crippen molar-refractivity contribution in [2.75, 3.05) is 0 Å². The van der Waals surface area contributed by atoms with Crippen LogP contribution in [0.15, 0.2) is 28.7 Å². The Morgan fingerprint density at radius 3 is 2.24 bits per heavy atom. The normalized spacial score (nSPS) is 11.8. The molecule has 0 amide bonds. The van der Waals surface area contributed by atoms with Gasteiger partial charge in [0.2, 0.25) is 5.89 Å². The highest BCUT2D eigenvalue weighted by molar-refractivity contribution is 7.09. The highest BCUT2D eigenvalue weighted by Crippen LogP contribution is 2.32. The minimum absolute atomic E-state index is 0.145. The zero-order chi connectivity index (χ0) is 15.0. The molecular weight excluding hydrogens is 305 g/mol. The van der Waals surface area contributed by atoms with Crippen molar-refractivity contribution in [2.45, 2.75) is 13.1 Å². The first-order valence-corrected chi connectivity index (χ1v) is 6.53. The Morgan fingerprint density at radius 2 is 1.67 bits per heavy atom. The fourth-order valence-corrected chi connectivity index (χ4v) is 2.24. The van der Waals surface area contributed by atoms with Crippen LogP contribution in [0.4, 0.5) is 13.2 Å². The van der Waals surface area contributed by atoms with Crippen molar-refractivity contribution in [1.82, 2.24) is 19.8 Å². The van der Waals surface area contributed by atoms with Crippen molar-refractivity contribution in [2.24, 2.45) is 0 Å². The van der Waals surface area contributed by atoms with E-state index < -0.39 is 11.7 Å². The number of hydrogen-bond acceptors (Lipinski definition) is 6. The Hall–Kier alpha value is -2.29. The van der Waals surface area contributed by atoms with E-state index in [1.807, 2.05) is 0 Å². The van der Waals surface area contributed by atoms with Crippen LogP contribution < -0.4 is 0 Å². The molecular formula is C12H7F3N4OS. The zero-order valence-electron chi connectivity index (χ0n) is 10.5. The SMILES string of the molecule is Cc1nnsc1-c1nnc(-c2ccc(C(F)(F)F)cc2)o1. The maximum absolute atomic E-state index is 12.5. The summed E-state index contributed by atoms with van der Waals surface area (Å²) in [6.07, 6.45) is -4.37. The Balaban J connectivity index is 1.92.